The number of benzene rings is 3. The second-order valence-electron chi connectivity index (χ2n) is 8.99. The molecule has 0 saturated carbocycles. The number of phenols is 1. The molecule has 3 aromatic carbocycles. The van der Waals surface area contributed by atoms with Gasteiger partial charge in [-0.3, -0.25) is 0 Å². The zero-order valence-electron chi connectivity index (χ0n) is 21.7. The van der Waals surface area contributed by atoms with Gasteiger partial charge in [-0.2, -0.15) is 0 Å². The molecule has 0 aliphatic carbocycles. The number of halogens is 2. The summed E-state index contributed by atoms with van der Waals surface area (Å²) in [5.74, 6) is 0.479. The van der Waals surface area contributed by atoms with Crippen LogP contribution in [-0.2, 0) is 11.3 Å². The fourth-order valence-electron chi connectivity index (χ4n) is 2.04. The summed E-state index contributed by atoms with van der Waals surface area (Å²) in [7, 11) is 0. The van der Waals surface area contributed by atoms with Gasteiger partial charge in [0.05, 0.1) is 0 Å². The van der Waals surface area contributed by atoms with Crippen LogP contribution in [0.4, 0.5) is 8.78 Å². The normalized spacial score (nSPS) is 9.61. The number of rotatable bonds is 4. The summed E-state index contributed by atoms with van der Waals surface area (Å²) >= 11 is 9.55. The highest BCUT2D eigenvalue weighted by atomic mass is 32.1. The second-order valence-corrected chi connectivity index (χ2v) is 9.75. The summed E-state index contributed by atoms with van der Waals surface area (Å²) < 4.78 is 31.3. The Morgan fingerprint density at radius 1 is 0.778 bits per heavy atom. The van der Waals surface area contributed by atoms with Gasteiger partial charge in [-0.05, 0) is 72.7 Å². The van der Waals surface area contributed by atoms with Crippen LogP contribution >= 0.6 is 24.4 Å². The molecule has 3 aromatic rings. The van der Waals surface area contributed by atoms with Crippen molar-refractivity contribution in [3.63, 3.8) is 0 Å². The summed E-state index contributed by atoms with van der Waals surface area (Å²) in [5, 5.41) is 18.0. The monoisotopic (exact) mass is 534 g/mol. The molecule has 0 radical (unpaired) electrons. The summed E-state index contributed by atoms with van der Waals surface area (Å²) in [5.41, 5.74) is 1.53. The van der Waals surface area contributed by atoms with Crippen LogP contribution in [-0.4, -0.2) is 20.3 Å². The first-order valence-electron chi connectivity index (χ1n) is 11.5. The van der Waals surface area contributed by atoms with E-state index in [9.17, 15) is 8.78 Å². The highest BCUT2D eigenvalue weighted by Crippen LogP contribution is 2.14. The second kappa shape index (κ2) is 18.4. The van der Waals surface area contributed by atoms with Gasteiger partial charge < -0.3 is 14.9 Å². The Hall–Kier alpha value is -2.90. The number of hydrogen-bond acceptors (Lipinski definition) is 4. The maximum absolute atomic E-state index is 13.4. The minimum absolute atomic E-state index is 0.0457. The van der Waals surface area contributed by atoms with Crippen LogP contribution in [0.15, 0.2) is 72.8 Å². The molecule has 0 aliphatic rings. The quantitative estimate of drug-likeness (QED) is 0.328. The lowest BCUT2D eigenvalue weighted by atomic mass is 10.2. The lowest BCUT2D eigenvalue weighted by molar-refractivity contribution is 0.295. The van der Waals surface area contributed by atoms with E-state index in [-0.39, 0.29) is 28.0 Å². The average Bonchev–Trinajstić information content (AvgIpc) is 2.79. The van der Waals surface area contributed by atoms with Crippen LogP contribution in [0.5, 0.6) is 5.75 Å². The van der Waals surface area contributed by atoms with Crippen molar-refractivity contribution in [2.24, 2.45) is 11.8 Å². The molecule has 0 fully saturated rings. The van der Waals surface area contributed by atoms with Crippen molar-refractivity contribution in [1.29, 1.82) is 0 Å². The lowest BCUT2D eigenvalue weighted by Gasteiger charge is -2.08. The van der Waals surface area contributed by atoms with Crippen LogP contribution in [0.1, 0.15) is 58.2 Å². The smallest absolute Gasteiger partial charge is 0.191 e. The maximum Gasteiger partial charge on any atom is 0.191 e. The Balaban J connectivity index is 0.000000594. The lowest BCUT2D eigenvalue weighted by Crippen LogP contribution is -2.05. The van der Waals surface area contributed by atoms with Crippen LogP contribution in [0.3, 0.4) is 0 Å². The minimum atomic E-state index is -0.673. The predicted octanol–water partition coefficient (Wildman–Crippen LogP) is 8.81. The van der Waals surface area contributed by atoms with Crippen molar-refractivity contribution < 1.29 is 23.7 Å². The standard InChI is InChI=1S/C14H10F2O2S.C7H6OS.2C4H10/c15-11-4-1-10(13(16)7-11)8-18-14(19)9-2-5-12(17)6-3-9;8-7(9)6-4-2-1-3-5-6;2*1-4(2)3/h1-7,17H,8H2;1-5H,(H,8,9);2*4H,1-3H3. The van der Waals surface area contributed by atoms with Crippen molar-refractivity contribution in [1.82, 2.24) is 0 Å². The molecule has 3 nitrogen and oxygen atoms in total. The van der Waals surface area contributed by atoms with Gasteiger partial charge in [0.15, 0.2) is 10.1 Å². The molecule has 0 heterocycles. The zero-order valence-corrected chi connectivity index (χ0v) is 23.3. The molecule has 0 spiro atoms. The SMILES string of the molecule is CC(C)C.CC(C)C.OC(=S)c1ccccc1.Oc1ccc(C(=S)OCc2ccc(F)cc2F)cc1. The largest absolute Gasteiger partial charge is 0.508 e. The molecule has 0 aromatic heterocycles. The van der Waals surface area contributed by atoms with Gasteiger partial charge in [-0.15, -0.1) is 0 Å². The average molecular weight is 535 g/mol. The van der Waals surface area contributed by atoms with Gasteiger partial charge >= 0.3 is 0 Å². The summed E-state index contributed by atoms with van der Waals surface area (Å²) in [6.45, 7) is 12.9. The summed E-state index contributed by atoms with van der Waals surface area (Å²) in [6, 6.07) is 18.5. The number of hydrogen-bond donors (Lipinski definition) is 2. The van der Waals surface area contributed by atoms with E-state index in [4.69, 9.17) is 27.2 Å². The van der Waals surface area contributed by atoms with E-state index in [0.29, 0.717) is 11.1 Å². The van der Waals surface area contributed by atoms with E-state index < -0.39 is 11.6 Å². The first-order valence-corrected chi connectivity index (χ1v) is 12.3. The highest BCUT2D eigenvalue weighted by Gasteiger charge is 2.07. The first kappa shape index (κ1) is 33.1. The maximum atomic E-state index is 13.4. The Morgan fingerprint density at radius 2 is 1.28 bits per heavy atom. The van der Waals surface area contributed by atoms with E-state index in [1.54, 1.807) is 24.3 Å². The van der Waals surface area contributed by atoms with Crippen molar-refractivity contribution in [2.75, 3.05) is 0 Å². The summed E-state index contributed by atoms with van der Waals surface area (Å²) in [4.78, 5) is 0. The Labute approximate surface area is 224 Å². The molecule has 0 unspecified atom stereocenters. The van der Waals surface area contributed by atoms with E-state index in [1.807, 2.05) is 18.2 Å². The van der Waals surface area contributed by atoms with Gasteiger partial charge in [0.2, 0.25) is 0 Å². The van der Waals surface area contributed by atoms with Crippen LogP contribution in [0.25, 0.3) is 0 Å². The summed E-state index contributed by atoms with van der Waals surface area (Å²) in [6.07, 6.45) is 0. The first-order chi connectivity index (χ1) is 16.8. The topological polar surface area (TPSA) is 49.7 Å². The third-order valence-corrected chi connectivity index (χ3v) is 4.09. The van der Waals surface area contributed by atoms with Crippen LogP contribution < -0.4 is 0 Å². The van der Waals surface area contributed by atoms with E-state index in [0.717, 1.165) is 24.0 Å². The Kier molecular flexibility index (Phi) is 16.9. The molecular weight excluding hydrogens is 498 g/mol. The number of ether oxygens (including phenoxy) is 1. The molecule has 0 saturated heterocycles. The van der Waals surface area contributed by atoms with E-state index in [1.165, 1.54) is 18.2 Å². The van der Waals surface area contributed by atoms with Crippen molar-refractivity contribution in [3.8, 4) is 5.75 Å². The minimum Gasteiger partial charge on any atom is -0.508 e. The van der Waals surface area contributed by atoms with Gasteiger partial charge in [-0.1, -0.05) is 71.9 Å². The number of aromatic hydroxyl groups is 1. The van der Waals surface area contributed by atoms with Crippen molar-refractivity contribution >= 4 is 34.5 Å². The molecule has 0 amide bonds. The van der Waals surface area contributed by atoms with E-state index in [2.05, 4.69) is 53.8 Å². The molecule has 7 heteroatoms. The molecule has 0 bridgehead atoms. The molecule has 3 rings (SSSR count). The van der Waals surface area contributed by atoms with Crippen LogP contribution in [0.2, 0.25) is 0 Å². The molecule has 0 atom stereocenters. The van der Waals surface area contributed by atoms with Gasteiger partial charge in [0.1, 0.15) is 24.0 Å². The third kappa shape index (κ3) is 16.7. The zero-order chi connectivity index (χ0) is 27.7. The molecular formula is C29H36F2O3S2. The Morgan fingerprint density at radius 3 is 1.69 bits per heavy atom. The van der Waals surface area contributed by atoms with Gasteiger partial charge in [-0.25, -0.2) is 8.78 Å². The number of aliphatic hydroxyl groups is 1. The predicted molar refractivity (Wildman–Crippen MR) is 153 cm³/mol. The molecule has 0 aliphatic heterocycles. The molecule has 2 N–H and O–H groups in total. The van der Waals surface area contributed by atoms with Gasteiger partial charge in [0, 0.05) is 22.8 Å². The molecule has 196 valence electrons. The van der Waals surface area contributed by atoms with Crippen molar-refractivity contribution in [2.45, 2.75) is 48.1 Å². The highest BCUT2D eigenvalue weighted by molar-refractivity contribution is 7.80. The fourth-order valence-corrected chi connectivity index (χ4v) is 2.37. The molecule has 36 heavy (non-hydrogen) atoms. The number of aliphatic hydroxyl groups excluding tert-OH is 1. The number of phenolic OH excluding ortho intramolecular Hbond substituents is 1. The fraction of sp³-hybridized carbons (Fsp3) is 0.310. The van der Waals surface area contributed by atoms with Crippen molar-refractivity contribution in [3.05, 3.63) is 101 Å². The number of thiocarbonyl (C=S) groups is 2. The Bertz CT molecular complexity index is 1030. The third-order valence-electron chi connectivity index (χ3n) is 3.50. The van der Waals surface area contributed by atoms with Gasteiger partial charge in [0.25, 0.3) is 0 Å². The van der Waals surface area contributed by atoms with Crippen LogP contribution in [0, 0.1) is 23.5 Å². The van der Waals surface area contributed by atoms with E-state index >= 15 is 0 Å².